The van der Waals surface area contributed by atoms with Crippen LogP contribution in [-0.4, -0.2) is 7.05 Å². The van der Waals surface area contributed by atoms with Crippen molar-refractivity contribution in [1.82, 2.24) is 5.32 Å². The summed E-state index contributed by atoms with van der Waals surface area (Å²) in [5.74, 6) is 0.768. The molecule has 1 unspecified atom stereocenters. The average Bonchev–Trinajstić information content (AvgIpc) is 2.23. The Morgan fingerprint density at radius 2 is 1.94 bits per heavy atom. The molecule has 0 aliphatic rings. The van der Waals surface area contributed by atoms with Crippen LogP contribution in [0.25, 0.3) is 0 Å². The van der Waals surface area contributed by atoms with Gasteiger partial charge in [-0.25, -0.2) is 0 Å². The summed E-state index contributed by atoms with van der Waals surface area (Å²) in [6, 6.07) is 7.11. The van der Waals surface area contributed by atoms with Gasteiger partial charge in [-0.1, -0.05) is 41.9 Å². The molecule has 0 saturated carbocycles. The molecular weight excluding hydrogens is 262 g/mol. The largest absolute Gasteiger partial charge is 0.313 e. The van der Waals surface area contributed by atoms with E-state index in [-0.39, 0.29) is 0 Å². The van der Waals surface area contributed by atoms with Crippen molar-refractivity contribution in [3.05, 3.63) is 33.8 Å². The van der Waals surface area contributed by atoms with Crippen molar-refractivity contribution in [1.29, 1.82) is 0 Å². The molecular formula is C14H22BrN. The monoisotopic (exact) mass is 283 g/mol. The second-order valence-electron chi connectivity index (χ2n) is 4.82. The molecule has 1 aromatic rings. The molecule has 0 heterocycles. The Bertz CT molecular complexity index is 334. The van der Waals surface area contributed by atoms with Crippen LogP contribution in [0, 0.1) is 12.8 Å². The topological polar surface area (TPSA) is 12.0 Å². The van der Waals surface area contributed by atoms with E-state index >= 15 is 0 Å². The number of hydrogen-bond acceptors (Lipinski definition) is 1. The van der Waals surface area contributed by atoms with Crippen LogP contribution in [0.3, 0.4) is 0 Å². The first-order valence-corrected chi connectivity index (χ1v) is 6.77. The average molecular weight is 284 g/mol. The molecule has 1 rings (SSSR count). The Kier molecular flexibility index (Phi) is 5.50. The third kappa shape index (κ3) is 3.91. The molecule has 1 aromatic carbocycles. The minimum Gasteiger partial charge on any atom is -0.313 e. The van der Waals surface area contributed by atoms with Gasteiger partial charge >= 0.3 is 0 Å². The highest BCUT2D eigenvalue weighted by molar-refractivity contribution is 9.10. The second kappa shape index (κ2) is 6.41. The van der Waals surface area contributed by atoms with Crippen molar-refractivity contribution >= 4 is 15.9 Å². The zero-order valence-electron chi connectivity index (χ0n) is 10.7. The van der Waals surface area contributed by atoms with Gasteiger partial charge in [0, 0.05) is 10.5 Å². The molecule has 16 heavy (non-hydrogen) atoms. The molecule has 0 bridgehead atoms. The van der Waals surface area contributed by atoms with Gasteiger partial charge in [0.15, 0.2) is 0 Å². The lowest BCUT2D eigenvalue weighted by atomic mass is 9.97. The molecule has 1 N–H and O–H groups in total. The molecule has 0 aromatic heterocycles. The fourth-order valence-electron chi connectivity index (χ4n) is 1.80. The van der Waals surface area contributed by atoms with E-state index in [1.54, 1.807) is 0 Å². The van der Waals surface area contributed by atoms with Crippen molar-refractivity contribution in [2.45, 2.75) is 39.7 Å². The van der Waals surface area contributed by atoms with Gasteiger partial charge in [-0.3, -0.25) is 0 Å². The quantitative estimate of drug-likeness (QED) is 0.842. The van der Waals surface area contributed by atoms with E-state index in [1.807, 2.05) is 7.05 Å². The van der Waals surface area contributed by atoms with Crippen molar-refractivity contribution in [2.24, 2.45) is 5.92 Å². The molecule has 0 radical (unpaired) electrons. The fraction of sp³-hybridized carbons (Fsp3) is 0.571. The van der Waals surface area contributed by atoms with E-state index in [1.165, 1.54) is 28.4 Å². The van der Waals surface area contributed by atoms with Gasteiger partial charge in [-0.15, -0.1) is 0 Å². The predicted molar refractivity (Wildman–Crippen MR) is 74.8 cm³/mol. The molecule has 0 aliphatic heterocycles. The molecule has 1 nitrogen and oxygen atoms in total. The SMILES string of the molecule is CNC(CCC(C)C)c1ccc(C)c(Br)c1. The summed E-state index contributed by atoms with van der Waals surface area (Å²) >= 11 is 3.60. The van der Waals surface area contributed by atoms with Gasteiger partial charge in [-0.05, 0) is 49.9 Å². The lowest BCUT2D eigenvalue weighted by Crippen LogP contribution is -2.17. The molecule has 0 aliphatic carbocycles. The lowest BCUT2D eigenvalue weighted by Gasteiger charge is -2.18. The lowest BCUT2D eigenvalue weighted by molar-refractivity contribution is 0.465. The zero-order chi connectivity index (χ0) is 12.1. The van der Waals surface area contributed by atoms with Gasteiger partial charge in [0.2, 0.25) is 0 Å². The smallest absolute Gasteiger partial charge is 0.0318 e. The number of rotatable bonds is 5. The van der Waals surface area contributed by atoms with E-state index in [0.717, 1.165) is 5.92 Å². The minimum atomic E-state index is 0.472. The van der Waals surface area contributed by atoms with E-state index in [0.29, 0.717) is 6.04 Å². The van der Waals surface area contributed by atoms with Crippen molar-refractivity contribution < 1.29 is 0 Å². The van der Waals surface area contributed by atoms with Crippen molar-refractivity contribution in [3.63, 3.8) is 0 Å². The van der Waals surface area contributed by atoms with Crippen LogP contribution in [0.2, 0.25) is 0 Å². The minimum absolute atomic E-state index is 0.472. The first-order chi connectivity index (χ1) is 7.54. The number of hydrogen-bond donors (Lipinski definition) is 1. The van der Waals surface area contributed by atoms with Crippen LogP contribution in [0.1, 0.15) is 43.9 Å². The molecule has 0 fully saturated rings. The Morgan fingerprint density at radius 3 is 2.44 bits per heavy atom. The van der Waals surface area contributed by atoms with Gasteiger partial charge in [0.05, 0.1) is 0 Å². The summed E-state index contributed by atoms with van der Waals surface area (Å²) in [6.07, 6.45) is 2.46. The maximum absolute atomic E-state index is 3.60. The zero-order valence-corrected chi connectivity index (χ0v) is 12.3. The number of aryl methyl sites for hydroxylation is 1. The number of nitrogens with one attached hydrogen (secondary N) is 1. The Balaban J connectivity index is 2.74. The maximum Gasteiger partial charge on any atom is 0.0318 e. The Labute approximate surface area is 108 Å². The summed E-state index contributed by atoms with van der Waals surface area (Å²) in [7, 11) is 2.04. The first-order valence-electron chi connectivity index (χ1n) is 5.98. The van der Waals surface area contributed by atoms with E-state index in [9.17, 15) is 0 Å². The van der Waals surface area contributed by atoms with Crippen molar-refractivity contribution in [2.75, 3.05) is 7.05 Å². The molecule has 0 saturated heterocycles. The van der Waals surface area contributed by atoms with E-state index < -0.39 is 0 Å². The van der Waals surface area contributed by atoms with Gasteiger partial charge in [-0.2, -0.15) is 0 Å². The highest BCUT2D eigenvalue weighted by Gasteiger charge is 2.10. The number of halogens is 1. The van der Waals surface area contributed by atoms with Gasteiger partial charge in [0.25, 0.3) is 0 Å². The van der Waals surface area contributed by atoms with Gasteiger partial charge < -0.3 is 5.32 Å². The van der Waals surface area contributed by atoms with Crippen molar-refractivity contribution in [3.8, 4) is 0 Å². The van der Waals surface area contributed by atoms with E-state index in [2.05, 4.69) is 60.2 Å². The summed E-state index contributed by atoms with van der Waals surface area (Å²) in [4.78, 5) is 0. The molecule has 90 valence electrons. The van der Waals surface area contributed by atoms with Crippen LogP contribution in [0.5, 0.6) is 0 Å². The van der Waals surface area contributed by atoms with E-state index in [4.69, 9.17) is 0 Å². The fourth-order valence-corrected chi connectivity index (χ4v) is 2.20. The maximum atomic E-state index is 3.60. The third-order valence-electron chi connectivity index (χ3n) is 2.98. The number of benzene rings is 1. The van der Waals surface area contributed by atoms with Crippen LogP contribution in [0.15, 0.2) is 22.7 Å². The normalized spacial score (nSPS) is 13.1. The molecule has 2 heteroatoms. The summed E-state index contributed by atoms with van der Waals surface area (Å²) in [5, 5.41) is 3.40. The third-order valence-corrected chi connectivity index (χ3v) is 3.83. The Morgan fingerprint density at radius 1 is 1.25 bits per heavy atom. The van der Waals surface area contributed by atoms with Crippen LogP contribution >= 0.6 is 15.9 Å². The predicted octanol–water partition coefficient (Wildman–Crippen LogP) is 4.45. The summed E-state index contributed by atoms with van der Waals surface area (Å²) < 4.78 is 1.20. The molecule has 0 amide bonds. The van der Waals surface area contributed by atoms with Gasteiger partial charge in [0.1, 0.15) is 0 Å². The van der Waals surface area contributed by atoms with Crippen LogP contribution in [-0.2, 0) is 0 Å². The summed E-state index contributed by atoms with van der Waals surface area (Å²) in [6.45, 7) is 6.67. The first kappa shape index (κ1) is 13.7. The second-order valence-corrected chi connectivity index (χ2v) is 5.68. The standard InChI is InChI=1S/C14H22BrN/c1-10(2)5-8-14(16-4)12-7-6-11(3)13(15)9-12/h6-7,9-10,14,16H,5,8H2,1-4H3. The highest BCUT2D eigenvalue weighted by atomic mass is 79.9. The summed E-state index contributed by atoms with van der Waals surface area (Å²) in [5.41, 5.74) is 2.67. The molecule has 0 spiro atoms. The highest BCUT2D eigenvalue weighted by Crippen LogP contribution is 2.25. The van der Waals surface area contributed by atoms with Crippen LogP contribution in [0.4, 0.5) is 0 Å². The Hall–Kier alpha value is -0.340. The molecule has 1 atom stereocenters. The van der Waals surface area contributed by atoms with Crippen LogP contribution < -0.4 is 5.32 Å².